The van der Waals surface area contributed by atoms with E-state index in [1.54, 1.807) is 13.2 Å². The first-order valence-electron chi connectivity index (χ1n) is 8.84. The molecule has 1 aliphatic rings. The van der Waals surface area contributed by atoms with Gasteiger partial charge in [0.1, 0.15) is 17.5 Å². The number of hydrogen-bond donors (Lipinski definition) is 1. The number of hydrogen-bond acceptors (Lipinski definition) is 6. The molecule has 2 heterocycles. The van der Waals surface area contributed by atoms with Crippen LogP contribution in [0, 0.1) is 0 Å². The molecule has 0 aliphatic carbocycles. The van der Waals surface area contributed by atoms with Crippen molar-refractivity contribution < 1.29 is 23.6 Å². The van der Waals surface area contributed by atoms with Crippen LogP contribution < -0.4 is 10.1 Å². The summed E-state index contributed by atoms with van der Waals surface area (Å²) in [6.07, 6.45) is 1.90. The molecule has 1 aromatic carbocycles. The number of nitrogens with zero attached hydrogens (tertiary/aromatic N) is 2. The highest BCUT2D eigenvalue weighted by molar-refractivity contribution is 5.85. The zero-order valence-corrected chi connectivity index (χ0v) is 15.4. The summed E-state index contributed by atoms with van der Waals surface area (Å²) in [5, 5.41) is 6.86. The summed E-state index contributed by atoms with van der Waals surface area (Å²) in [4.78, 5) is 25.8. The number of ether oxygens (including phenoxy) is 2. The molecular weight excluding hydrogens is 350 g/mol. The van der Waals surface area contributed by atoms with E-state index < -0.39 is 12.1 Å². The van der Waals surface area contributed by atoms with Crippen LogP contribution >= 0.6 is 0 Å². The Hall–Kier alpha value is -3.03. The molecule has 144 valence electrons. The second kappa shape index (κ2) is 8.57. The molecule has 0 saturated carbocycles. The van der Waals surface area contributed by atoms with Crippen LogP contribution in [-0.2, 0) is 16.1 Å². The van der Waals surface area contributed by atoms with Gasteiger partial charge in [-0.1, -0.05) is 17.3 Å². The highest BCUT2D eigenvalue weighted by atomic mass is 16.5. The molecule has 0 unspecified atom stereocenters. The predicted octanol–water partition coefficient (Wildman–Crippen LogP) is 2.59. The first-order valence-corrected chi connectivity index (χ1v) is 8.84. The Bertz CT molecular complexity index is 804. The van der Waals surface area contributed by atoms with Crippen LogP contribution in [0.3, 0.4) is 0 Å². The lowest BCUT2D eigenvalue weighted by atomic mass is 10.0. The van der Waals surface area contributed by atoms with Gasteiger partial charge >= 0.3 is 6.09 Å². The zero-order valence-electron chi connectivity index (χ0n) is 15.4. The fourth-order valence-electron chi connectivity index (χ4n) is 3.15. The van der Waals surface area contributed by atoms with Gasteiger partial charge in [-0.3, -0.25) is 9.69 Å². The molecule has 1 aliphatic heterocycles. The molecular formula is C19H23N3O5. The van der Waals surface area contributed by atoms with E-state index in [1.807, 2.05) is 24.3 Å². The number of likely N-dealkylation sites (tertiary alicyclic amines) is 1. The molecule has 1 atom stereocenters. The number of aromatic nitrogens is 1. The quantitative estimate of drug-likeness (QED) is 0.866. The predicted molar refractivity (Wildman–Crippen MR) is 97.1 cm³/mol. The zero-order chi connectivity index (χ0) is 19.2. The molecule has 2 aromatic rings. The van der Waals surface area contributed by atoms with E-state index in [1.165, 1.54) is 12.0 Å². The second-order valence-corrected chi connectivity index (χ2v) is 6.30. The maximum absolute atomic E-state index is 12.5. The van der Waals surface area contributed by atoms with Crippen molar-refractivity contribution in [3.05, 3.63) is 36.1 Å². The number of piperidine rings is 1. The lowest BCUT2D eigenvalue weighted by Crippen LogP contribution is -2.51. The minimum atomic E-state index is -0.521. The Morgan fingerprint density at radius 3 is 2.93 bits per heavy atom. The van der Waals surface area contributed by atoms with E-state index in [-0.39, 0.29) is 12.5 Å². The number of carbonyl (C=O) groups excluding carboxylic acids is 2. The maximum Gasteiger partial charge on any atom is 0.410 e. The van der Waals surface area contributed by atoms with Gasteiger partial charge in [0.25, 0.3) is 0 Å². The molecule has 3 rings (SSSR count). The SMILES string of the molecule is COC(=O)N1CCCC[C@@H]1C(=O)NCc1cc(-c2cccc(OC)c2)no1. The van der Waals surface area contributed by atoms with Crippen molar-refractivity contribution >= 4 is 12.0 Å². The van der Waals surface area contributed by atoms with Gasteiger partial charge in [-0.15, -0.1) is 0 Å². The Morgan fingerprint density at radius 1 is 1.30 bits per heavy atom. The number of methoxy groups -OCH3 is 2. The van der Waals surface area contributed by atoms with Crippen molar-refractivity contribution in [1.82, 2.24) is 15.4 Å². The van der Waals surface area contributed by atoms with Crippen LogP contribution in [0.4, 0.5) is 4.79 Å². The van der Waals surface area contributed by atoms with Gasteiger partial charge in [0.05, 0.1) is 20.8 Å². The van der Waals surface area contributed by atoms with Crippen LogP contribution in [0.1, 0.15) is 25.0 Å². The van der Waals surface area contributed by atoms with Crippen LogP contribution in [0.15, 0.2) is 34.9 Å². The molecule has 1 aromatic heterocycles. The Kier molecular flexibility index (Phi) is 5.95. The van der Waals surface area contributed by atoms with Crippen LogP contribution in [-0.4, -0.2) is 48.9 Å². The number of nitrogens with one attached hydrogen (secondary N) is 1. The molecule has 0 radical (unpaired) electrons. The summed E-state index contributed by atoms with van der Waals surface area (Å²) >= 11 is 0. The third-order valence-corrected chi connectivity index (χ3v) is 4.58. The molecule has 8 nitrogen and oxygen atoms in total. The topological polar surface area (TPSA) is 93.9 Å². The van der Waals surface area contributed by atoms with Crippen LogP contribution in [0.25, 0.3) is 11.3 Å². The van der Waals surface area contributed by atoms with E-state index in [2.05, 4.69) is 10.5 Å². The van der Waals surface area contributed by atoms with Gasteiger partial charge in [-0.2, -0.15) is 0 Å². The van der Waals surface area contributed by atoms with Crippen molar-refractivity contribution in [2.24, 2.45) is 0 Å². The fourth-order valence-corrected chi connectivity index (χ4v) is 3.15. The fraction of sp³-hybridized carbons (Fsp3) is 0.421. The van der Waals surface area contributed by atoms with Gasteiger partial charge in [-0.25, -0.2) is 4.79 Å². The molecule has 0 bridgehead atoms. The van der Waals surface area contributed by atoms with E-state index in [0.717, 1.165) is 24.2 Å². The largest absolute Gasteiger partial charge is 0.497 e. The Labute approximate surface area is 157 Å². The molecule has 2 amide bonds. The molecule has 1 fully saturated rings. The molecule has 27 heavy (non-hydrogen) atoms. The third kappa shape index (κ3) is 4.39. The van der Waals surface area contributed by atoms with Gasteiger partial charge in [-0.05, 0) is 31.4 Å². The van der Waals surface area contributed by atoms with E-state index in [4.69, 9.17) is 14.0 Å². The molecule has 1 N–H and O–H groups in total. The van der Waals surface area contributed by atoms with Gasteiger partial charge in [0, 0.05) is 18.2 Å². The average Bonchev–Trinajstić information content (AvgIpc) is 3.20. The minimum Gasteiger partial charge on any atom is -0.497 e. The van der Waals surface area contributed by atoms with Crippen molar-refractivity contribution in [2.75, 3.05) is 20.8 Å². The number of carbonyl (C=O) groups is 2. The highest BCUT2D eigenvalue weighted by Crippen LogP contribution is 2.23. The summed E-state index contributed by atoms with van der Waals surface area (Å²) in [6.45, 7) is 0.717. The van der Waals surface area contributed by atoms with Gasteiger partial charge in [0.2, 0.25) is 5.91 Å². The van der Waals surface area contributed by atoms with Crippen LogP contribution in [0.5, 0.6) is 5.75 Å². The first kappa shape index (κ1) is 18.8. The maximum atomic E-state index is 12.5. The Morgan fingerprint density at radius 2 is 2.15 bits per heavy atom. The van der Waals surface area contributed by atoms with Crippen molar-refractivity contribution in [3.63, 3.8) is 0 Å². The van der Waals surface area contributed by atoms with Gasteiger partial charge in [0.15, 0.2) is 5.76 Å². The summed E-state index contributed by atoms with van der Waals surface area (Å²) in [5.74, 6) is 1.03. The number of rotatable bonds is 5. The highest BCUT2D eigenvalue weighted by Gasteiger charge is 2.32. The third-order valence-electron chi connectivity index (χ3n) is 4.58. The smallest absolute Gasteiger partial charge is 0.410 e. The molecule has 0 spiro atoms. The molecule has 8 heteroatoms. The van der Waals surface area contributed by atoms with Crippen molar-refractivity contribution in [3.8, 4) is 17.0 Å². The van der Waals surface area contributed by atoms with Gasteiger partial charge < -0.3 is 19.3 Å². The first-order chi connectivity index (χ1) is 13.1. The minimum absolute atomic E-state index is 0.196. The normalized spacial score (nSPS) is 16.7. The average molecular weight is 373 g/mol. The summed E-state index contributed by atoms with van der Waals surface area (Å²) in [5.41, 5.74) is 1.52. The van der Waals surface area contributed by atoms with Crippen molar-refractivity contribution in [1.29, 1.82) is 0 Å². The van der Waals surface area contributed by atoms with E-state index in [9.17, 15) is 9.59 Å². The number of amides is 2. The Balaban J connectivity index is 1.62. The summed E-state index contributed by atoms with van der Waals surface area (Å²) < 4.78 is 15.3. The van der Waals surface area contributed by atoms with E-state index >= 15 is 0 Å². The standard InChI is InChI=1S/C19H23N3O5/c1-25-14-7-5-6-13(10-14)16-11-15(27-21-16)12-20-18(23)17-8-3-4-9-22(17)19(24)26-2/h5-7,10-11,17H,3-4,8-9,12H2,1-2H3,(H,20,23)/t17-/m1/s1. The summed E-state index contributed by atoms with van der Waals surface area (Å²) in [7, 11) is 2.92. The summed E-state index contributed by atoms with van der Waals surface area (Å²) in [6, 6.07) is 8.73. The van der Waals surface area contributed by atoms with Crippen LogP contribution in [0.2, 0.25) is 0 Å². The lowest BCUT2D eigenvalue weighted by Gasteiger charge is -2.33. The monoisotopic (exact) mass is 373 g/mol. The van der Waals surface area contributed by atoms with Crippen molar-refractivity contribution in [2.45, 2.75) is 31.8 Å². The van der Waals surface area contributed by atoms with E-state index in [0.29, 0.717) is 24.4 Å². The lowest BCUT2D eigenvalue weighted by molar-refractivity contribution is -0.127. The number of benzene rings is 1. The molecule has 1 saturated heterocycles. The second-order valence-electron chi connectivity index (χ2n) is 6.30.